The average molecular weight is 200 g/mol. The summed E-state index contributed by atoms with van der Waals surface area (Å²) in [5.41, 5.74) is -0.974. The number of halogens is 2. The van der Waals surface area contributed by atoms with E-state index in [1.165, 1.54) is 19.9 Å². The minimum atomic E-state index is -1.21. The molecule has 76 valence electrons. The number of carboxylic acids is 1. The Hall–Kier alpha value is -1.45. The van der Waals surface area contributed by atoms with Gasteiger partial charge in [-0.3, -0.25) is 4.79 Å². The van der Waals surface area contributed by atoms with Crippen molar-refractivity contribution in [1.29, 1.82) is 0 Å². The van der Waals surface area contributed by atoms with Crippen molar-refractivity contribution >= 4 is 5.97 Å². The van der Waals surface area contributed by atoms with Crippen LogP contribution in [0.4, 0.5) is 8.78 Å². The molecule has 0 atom stereocenters. The predicted molar refractivity (Wildman–Crippen MR) is 47.0 cm³/mol. The number of carboxylic acid groups (broad SMARTS) is 1. The highest BCUT2D eigenvalue weighted by molar-refractivity contribution is 5.80. The highest BCUT2D eigenvalue weighted by Crippen LogP contribution is 2.24. The lowest BCUT2D eigenvalue weighted by atomic mass is 9.85. The Morgan fingerprint density at radius 3 is 2.29 bits per heavy atom. The van der Waals surface area contributed by atoms with E-state index in [0.29, 0.717) is 0 Å². The van der Waals surface area contributed by atoms with Crippen LogP contribution < -0.4 is 0 Å². The highest BCUT2D eigenvalue weighted by atomic mass is 19.2. The predicted octanol–water partition coefficient (Wildman–Crippen LogP) is 2.33. The average Bonchev–Trinajstić information content (AvgIpc) is 2.09. The van der Waals surface area contributed by atoms with Gasteiger partial charge in [-0.1, -0.05) is 6.07 Å². The standard InChI is InChI=1S/C10H10F2O2/c1-10(2,9(13)14)6-3-4-7(11)8(12)5-6/h3-5H,1-2H3,(H,13,14). The molecule has 0 unspecified atom stereocenters. The van der Waals surface area contributed by atoms with Crippen molar-refractivity contribution in [2.75, 3.05) is 0 Å². The molecule has 0 amide bonds. The monoisotopic (exact) mass is 200 g/mol. The molecule has 1 aromatic carbocycles. The molecule has 0 radical (unpaired) electrons. The zero-order chi connectivity index (χ0) is 10.9. The first-order valence-electron chi connectivity index (χ1n) is 4.04. The fourth-order valence-corrected chi connectivity index (χ4v) is 1.01. The quantitative estimate of drug-likeness (QED) is 0.795. The molecule has 0 aliphatic carbocycles. The second-order valence-electron chi connectivity index (χ2n) is 3.56. The van der Waals surface area contributed by atoms with Crippen LogP contribution in [-0.4, -0.2) is 11.1 Å². The van der Waals surface area contributed by atoms with Gasteiger partial charge in [0.1, 0.15) is 0 Å². The van der Waals surface area contributed by atoms with Crippen molar-refractivity contribution in [2.45, 2.75) is 19.3 Å². The topological polar surface area (TPSA) is 37.3 Å². The van der Waals surface area contributed by atoms with Crippen LogP contribution in [0.2, 0.25) is 0 Å². The van der Waals surface area contributed by atoms with E-state index in [4.69, 9.17) is 5.11 Å². The Morgan fingerprint density at radius 1 is 1.29 bits per heavy atom. The fraction of sp³-hybridized carbons (Fsp3) is 0.300. The molecule has 0 saturated heterocycles. The van der Waals surface area contributed by atoms with Crippen molar-refractivity contribution in [3.63, 3.8) is 0 Å². The first-order valence-corrected chi connectivity index (χ1v) is 4.04. The SMILES string of the molecule is CC(C)(C(=O)O)c1ccc(F)c(F)c1. The van der Waals surface area contributed by atoms with Gasteiger partial charge in [-0.15, -0.1) is 0 Å². The Morgan fingerprint density at radius 2 is 1.86 bits per heavy atom. The Balaban J connectivity index is 3.21. The molecule has 0 saturated carbocycles. The molecule has 4 heteroatoms. The number of rotatable bonds is 2. The van der Waals surface area contributed by atoms with E-state index in [1.54, 1.807) is 0 Å². The minimum Gasteiger partial charge on any atom is -0.481 e. The summed E-state index contributed by atoms with van der Waals surface area (Å²) >= 11 is 0. The van der Waals surface area contributed by atoms with Crippen molar-refractivity contribution in [1.82, 2.24) is 0 Å². The van der Waals surface area contributed by atoms with Gasteiger partial charge in [-0.25, -0.2) is 8.78 Å². The summed E-state index contributed by atoms with van der Waals surface area (Å²) in [6.45, 7) is 2.87. The van der Waals surface area contributed by atoms with Crippen molar-refractivity contribution in [2.24, 2.45) is 0 Å². The van der Waals surface area contributed by atoms with Gasteiger partial charge in [0.2, 0.25) is 0 Å². The lowest BCUT2D eigenvalue weighted by Crippen LogP contribution is -2.28. The van der Waals surface area contributed by atoms with E-state index < -0.39 is 23.0 Å². The normalized spacial score (nSPS) is 11.4. The molecule has 1 aromatic rings. The maximum atomic E-state index is 12.8. The van der Waals surface area contributed by atoms with E-state index in [1.807, 2.05) is 0 Å². The van der Waals surface area contributed by atoms with Crippen molar-refractivity contribution in [3.05, 3.63) is 35.4 Å². The van der Waals surface area contributed by atoms with Gasteiger partial charge in [0.25, 0.3) is 0 Å². The molecule has 0 aliphatic heterocycles. The molecular formula is C10H10F2O2. The first-order chi connectivity index (χ1) is 6.35. The summed E-state index contributed by atoms with van der Waals surface area (Å²) in [6.07, 6.45) is 0. The van der Waals surface area contributed by atoms with E-state index in [0.717, 1.165) is 12.1 Å². The Kier molecular flexibility index (Phi) is 2.55. The number of benzene rings is 1. The molecule has 1 rings (SSSR count). The maximum Gasteiger partial charge on any atom is 0.313 e. The largest absolute Gasteiger partial charge is 0.481 e. The third-order valence-electron chi connectivity index (χ3n) is 2.18. The van der Waals surface area contributed by atoms with Gasteiger partial charge >= 0.3 is 5.97 Å². The highest BCUT2D eigenvalue weighted by Gasteiger charge is 2.29. The van der Waals surface area contributed by atoms with Crippen LogP contribution in [-0.2, 0) is 10.2 Å². The molecule has 0 spiro atoms. The second kappa shape index (κ2) is 3.36. The summed E-state index contributed by atoms with van der Waals surface area (Å²) in [5, 5.41) is 8.84. The fourth-order valence-electron chi connectivity index (χ4n) is 1.01. The van der Waals surface area contributed by atoms with Crippen molar-refractivity contribution in [3.8, 4) is 0 Å². The maximum absolute atomic E-state index is 12.8. The third kappa shape index (κ3) is 1.73. The summed E-state index contributed by atoms with van der Waals surface area (Å²) in [6, 6.07) is 3.10. The van der Waals surface area contributed by atoms with Crippen LogP contribution in [0, 0.1) is 11.6 Å². The van der Waals surface area contributed by atoms with E-state index >= 15 is 0 Å². The molecular weight excluding hydrogens is 190 g/mol. The lowest BCUT2D eigenvalue weighted by Gasteiger charge is -2.19. The summed E-state index contributed by atoms with van der Waals surface area (Å²) in [5.74, 6) is -3.09. The molecule has 2 nitrogen and oxygen atoms in total. The van der Waals surface area contributed by atoms with Gasteiger partial charge in [-0.05, 0) is 31.5 Å². The van der Waals surface area contributed by atoms with Crippen LogP contribution in [0.15, 0.2) is 18.2 Å². The molecule has 0 bridgehead atoms. The van der Waals surface area contributed by atoms with Crippen LogP contribution in [0.5, 0.6) is 0 Å². The Labute approximate surface area is 80.2 Å². The van der Waals surface area contributed by atoms with E-state index in [9.17, 15) is 13.6 Å². The number of carbonyl (C=O) groups is 1. The zero-order valence-corrected chi connectivity index (χ0v) is 7.84. The van der Waals surface area contributed by atoms with E-state index in [2.05, 4.69) is 0 Å². The smallest absolute Gasteiger partial charge is 0.313 e. The van der Waals surface area contributed by atoms with Crippen LogP contribution in [0.25, 0.3) is 0 Å². The van der Waals surface area contributed by atoms with Crippen LogP contribution in [0.3, 0.4) is 0 Å². The minimum absolute atomic E-state index is 0.240. The molecule has 1 N–H and O–H groups in total. The summed E-state index contributed by atoms with van der Waals surface area (Å²) in [4.78, 5) is 10.8. The van der Waals surface area contributed by atoms with Gasteiger partial charge in [-0.2, -0.15) is 0 Å². The molecule has 0 fully saturated rings. The zero-order valence-electron chi connectivity index (χ0n) is 7.84. The van der Waals surface area contributed by atoms with Gasteiger partial charge in [0.15, 0.2) is 11.6 Å². The van der Waals surface area contributed by atoms with Crippen LogP contribution >= 0.6 is 0 Å². The van der Waals surface area contributed by atoms with E-state index in [-0.39, 0.29) is 5.56 Å². The summed E-state index contributed by atoms with van der Waals surface area (Å²) in [7, 11) is 0. The summed E-state index contributed by atoms with van der Waals surface area (Å²) < 4.78 is 25.4. The first kappa shape index (κ1) is 10.6. The van der Waals surface area contributed by atoms with Gasteiger partial charge < -0.3 is 5.11 Å². The molecule has 14 heavy (non-hydrogen) atoms. The second-order valence-corrected chi connectivity index (χ2v) is 3.56. The molecule has 0 aromatic heterocycles. The van der Waals surface area contributed by atoms with Crippen molar-refractivity contribution < 1.29 is 18.7 Å². The third-order valence-corrected chi connectivity index (χ3v) is 2.18. The van der Waals surface area contributed by atoms with Gasteiger partial charge in [0, 0.05) is 0 Å². The molecule has 0 aliphatic rings. The Bertz CT molecular complexity index is 372. The number of hydrogen-bond donors (Lipinski definition) is 1. The van der Waals surface area contributed by atoms with Crippen LogP contribution in [0.1, 0.15) is 19.4 Å². The molecule has 0 heterocycles. The van der Waals surface area contributed by atoms with Gasteiger partial charge in [0.05, 0.1) is 5.41 Å². The number of aliphatic carboxylic acids is 1. The number of hydrogen-bond acceptors (Lipinski definition) is 1. The lowest BCUT2D eigenvalue weighted by molar-refractivity contribution is -0.142.